The van der Waals surface area contributed by atoms with E-state index >= 15 is 0 Å². The topological polar surface area (TPSA) is 68.3 Å². The average molecular weight is 206 g/mol. The maximum atomic E-state index is 11.4. The number of carbonyl (C=O) groups excluding carboxylic acids is 2. The maximum absolute atomic E-state index is 11.4. The number of nitrogens with zero attached hydrogens (tertiary/aromatic N) is 1. The third kappa shape index (κ3) is 1.68. The van der Waals surface area contributed by atoms with Crippen LogP contribution >= 0.6 is 0 Å². The molecule has 1 aromatic heterocycles. The molecule has 0 fully saturated rings. The van der Waals surface area contributed by atoms with Crippen molar-refractivity contribution in [2.75, 3.05) is 13.7 Å². The number of esters is 1. The molecule has 5 nitrogen and oxygen atoms in total. The third-order valence-corrected chi connectivity index (χ3v) is 2.27. The molecule has 1 aliphatic rings. The minimum absolute atomic E-state index is 0.160. The van der Waals surface area contributed by atoms with E-state index in [2.05, 4.69) is 15.0 Å². The molecule has 0 spiro atoms. The number of nitrogens with one attached hydrogen (secondary N) is 1. The summed E-state index contributed by atoms with van der Waals surface area (Å²) in [5.74, 6) is -0.766. The van der Waals surface area contributed by atoms with E-state index in [0.717, 1.165) is 12.0 Å². The zero-order valence-electron chi connectivity index (χ0n) is 8.24. The van der Waals surface area contributed by atoms with Crippen molar-refractivity contribution in [2.45, 2.75) is 6.42 Å². The second-order valence-corrected chi connectivity index (χ2v) is 3.20. The van der Waals surface area contributed by atoms with Gasteiger partial charge in [0.1, 0.15) is 11.4 Å². The quantitative estimate of drug-likeness (QED) is 0.664. The van der Waals surface area contributed by atoms with E-state index in [4.69, 9.17) is 0 Å². The summed E-state index contributed by atoms with van der Waals surface area (Å²) in [4.78, 5) is 26.6. The standard InChI is InChI=1S/C10H10N2O3/c1-15-10(14)7-3-2-6-4-5-11-9(13)8(6)12-7/h2-3H,4-5H2,1H3,(H,11,13). The first-order valence-corrected chi connectivity index (χ1v) is 4.59. The predicted molar refractivity (Wildman–Crippen MR) is 51.6 cm³/mol. The van der Waals surface area contributed by atoms with Gasteiger partial charge in [-0.1, -0.05) is 6.07 Å². The fourth-order valence-electron chi connectivity index (χ4n) is 1.50. The first-order valence-electron chi connectivity index (χ1n) is 4.59. The van der Waals surface area contributed by atoms with Gasteiger partial charge in [0.05, 0.1) is 7.11 Å². The lowest BCUT2D eigenvalue weighted by Gasteiger charge is -2.15. The van der Waals surface area contributed by atoms with Gasteiger partial charge in [-0.2, -0.15) is 0 Å². The lowest BCUT2D eigenvalue weighted by molar-refractivity contribution is 0.0594. The summed E-state index contributed by atoms with van der Waals surface area (Å²) < 4.78 is 4.53. The predicted octanol–water partition coefficient (Wildman–Crippen LogP) is 0.154. The van der Waals surface area contributed by atoms with Gasteiger partial charge in [0.2, 0.25) is 0 Å². The van der Waals surface area contributed by atoms with Crippen LogP contribution in [0, 0.1) is 0 Å². The highest BCUT2D eigenvalue weighted by Gasteiger charge is 2.20. The molecule has 0 unspecified atom stereocenters. The van der Waals surface area contributed by atoms with Crippen LogP contribution < -0.4 is 5.32 Å². The minimum Gasteiger partial charge on any atom is -0.464 e. The van der Waals surface area contributed by atoms with Crippen molar-refractivity contribution in [1.82, 2.24) is 10.3 Å². The minimum atomic E-state index is -0.531. The van der Waals surface area contributed by atoms with E-state index in [1.54, 1.807) is 12.1 Å². The van der Waals surface area contributed by atoms with Crippen molar-refractivity contribution in [3.05, 3.63) is 29.1 Å². The fraction of sp³-hybridized carbons (Fsp3) is 0.300. The smallest absolute Gasteiger partial charge is 0.356 e. The highest BCUT2D eigenvalue weighted by atomic mass is 16.5. The Morgan fingerprint density at radius 3 is 3.07 bits per heavy atom. The molecule has 1 aliphatic heterocycles. The number of ether oxygens (including phenoxy) is 1. The Morgan fingerprint density at radius 2 is 2.33 bits per heavy atom. The van der Waals surface area contributed by atoms with E-state index in [1.807, 2.05) is 0 Å². The number of hydrogen-bond donors (Lipinski definition) is 1. The molecule has 1 N–H and O–H groups in total. The van der Waals surface area contributed by atoms with Gasteiger partial charge in [-0.05, 0) is 18.1 Å². The number of aromatic nitrogens is 1. The Balaban J connectivity index is 2.44. The molecule has 1 amide bonds. The van der Waals surface area contributed by atoms with Crippen LogP contribution in [0.3, 0.4) is 0 Å². The van der Waals surface area contributed by atoms with Crippen molar-refractivity contribution in [3.8, 4) is 0 Å². The second kappa shape index (κ2) is 3.68. The number of pyridine rings is 1. The third-order valence-electron chi connectivity index (χ3n) is 2.27. The van der Waals surface area contributed by atoms with Gasteiger partial charge in [0.25, 0.3) is 5.91 Å². The van der Waals surface area contributed by atoms with Crippen LogP contribution in [0.5, 0.6) is 0 Å². The molecule has 0 saturated carbocycles. The number of amides is 1. The normalized spacial score (nSPS) is 14.1. The highest BCUT2D eigenvalue weighted by molar-refractivity contribution is 5.96. The fourth-order valence-corrected chi connectivity index (χ4v) is 1.50. The number of fused-ring (bicyclic) bond motifs is 1. The molecule has 2 heterocycles. The van der Waals surface area contributed by atoms with E-state index in [1.165, 1.54) is 7.11 Å². The average Bonchev–Trinajstić information content (AvgIpc) is 2.28. The summed E-state index contributed by atoms with van der Waals surface area (Å²) in [7, 11) is 1.28. The Morgan fingerprint density at radius 1 is 1.53 bits per heavy atom. The summed E-state index contributed by atoms with van der Waals surface area (Å²) in [6, 6.07) is 3.32. The Labute approximate surface area is 86.5 Å². The zero-order valence-corrected chi connectivity index (χ0v) is 8.24. The van der Waals surface area contributed by atoms with Gasteiger partial charge in [-0.3, -0.25) is 4.79 Å². The molecule has 0 aromatic carbocycles. The van der Waals surface area contributed by atoms with Crippen molar-refractivity contribution in [3.63, 3.8) is 0 Å². The van der Waals surface area contributed by atoms with E-state index in [9.17, 15) is 9.59 Å². The van der Waals surface area contributed by atoms with Gasteiger partial charge in [-0.15, -0.1) is 0 Å². The largest absolute Gasteiger partial charge is 0.464 e. The molecule has 0 saturated heterocycles. The first kappa shape index (κ1) is 9.64. The van der Waals surface area contributed by atoms with Crippen LogP contribution in [-0.2, 0) is 11.2 Å². The van der Waals surface area contributed by atoms with Crippen LogP contribution in [0.15, 0.2) is 12.1 Å². The van der Waals surface area contributed by atoms with E-state index in [-0.39, 0.29) is 11.6 Å². The van der Waals surface area contributed by atoms with Crippen LogP contribution in [0.2, 0.25) is 0 Å². The van der Waals surface area contributed by atoms with Gasteiger partial charge in [0, 0.05) is 6.54 Å². The SMILES string of the molecule is COC(=O)c1ccc2c(n1)C(=O)NCC2. The molecule has 15 heavy (non-hydrogen) atoms. The van der Waals surface area contributed by atoms with Crippen molar-refractivity contribution in [2.24, 2.45) is 0 Å². The number of carbonyl (C=O) groups is 2. The van der Waals surface area contributed by atoms with Gasteiger partial charge < -0.3 is 10.1 Å². The summed E-state index contributed by atoms with van der Waals surface area (Å²) >= 11 is 0. The van der Waals surface area contributed by atoms with E-state index in [0.29, 0.717) is 12.2 Å². The molecular weight excluding hydrogens is 196 g/mol. The van der Waals surface area contributed by atoms with Crippen LogP contribution in [0.25, 0.3) is 0 Å². The Hall–Kier alpha value is -1.91. The molecule has 0 radical (unpaired) electrons. The van der Waals surface area contributed by atoms with Crippen molar-refractivity contribution >= 4 is 11.9 Å². The summed E-state index contributed by atoms with van der Waals surface area (Å²) in [6.45, 7) is 0.616. The lowest BCUT2D eigenvalue weighted by atomic mass is 10.1. The molecule has 1 aromatic rings. The van der Waals surface area contributed by atoms with Crippen LogP contribution in [0.4, 0.5) is 0 Å². The number of methoxy groups -OCH3 is 1. The van der Waals surface area contributed by atoms with Gasteiger partial charge in [-0.25, -0.2) is 9.78 Å². The van der Waals surface area contributed by atoms with Gasteiger partial charge >= 0.3 is 5.97 Å². The molecule has 0 aliphatic carbocycles. The summed E-state index contributed by atoms with van der Waals surface area (Å²) in [5, 5.41) is 2.67. The first-order chi connectivity index (χ1) is 7.22. The zero-order chi connectivity index (χ0) is 10.8. The number of hydrogen-bond acceptors (Lipinski definition) is 4. The van der Waals surface area contributed by atoms with Crippen LogP contribution in [0.1, 0.15) is 26.5 Å². The number of rotatable bonds is 1. The molecular formula is C10H10N2O3. The molecule has 0 atom stereocenters. The summed E-state index contributed by atoms with van der Waals surface area (Å²) in [6.07, 6.45) is 0.746. The maximum Gasteiger partial charge on any atom is 0.356 e. The Bertz CT molecular complexity index is 429. The lowest BCUT2D eigenvalue weighted by Crippen LogP contribution is -2.33. The monoisotopic (exact) mass is 206 g/mol. The molecule has 0 bridgehead atoms. The molecule has 5 heteroatoms. The van der Waals surface area contributed by atoms with Crippen molar-refractivity contribution in [1.29, 1.82) is 0 Å². The Kier molecular flexibility index (Phi) is 2.37. The van der Waals surface area contributed by atoms with Crippen molar-refractivity contribution < 1.29 is 14.3 Å². The van der Waals surface area contributed by atoms with Crippen LogP contribution in [-0.4, -0.2) is 30.5 Å². The molecule has 2 rings (SSSR count). The second-order valence-electron chi connectivity index (χ2n) is 3.20. The summed E-state index contributed by atoms with van der Waals surface area (Å²) in [5.41, 5.74) is 1.35. The highest BCUT2D eigenvalue weighted by Crippen LogP contribution is 2.12. The van der Waals surface area contributed by atoms with Gasteiger partial charge in [0.15, 0.2) is 0 Å². The molecule has 78 valence electrons. The van der Waals surface area contributed by atoms with E-state index < -0.39 is 5.97 Å².